The molecule has 1 heterocycles. The molecule has 0 aliphatic heterocycles. The summed E-state index contributed by atoms with van der Waals surface area (Å²) in [4.78, 5) is 1.20. The van der Waals surface area contributed by atoms with Gasteiger partial charge in [0.2, 0.25) is 0 Å². The van der Waals surface area contributed by atoms with E-state index in [1.165, 1.54) is 38.7 Å². The van der Waals surface area contributed by atoms with Crippen molar-refractivity contribution in [3.05, 3.63) is 33.7 Å². The quantitative estimate of drug-likeness (QED) is 0.906. The van der Waals surface area contributed by atoms with Crippen molar-refractivity contribution in [1.82, 2.24) is 14.9 Å². The molecule has 0 unspecified atom stereocenters. The minimum atomic E-state index is 0.819. The SMILES string of the molecule is CNCc1snnc1-c1c(C)cc(C)cc1C. The van der Waals surface area contributed by atoms with Gasteiger partial charge in [0, 0.05) is 12.1 Å². The fraction of sp³-hybridized carbons (Fsp3) is 0.385. The predicted molar refractivity (Wildman–Crippen MR) is 72.3 cm³/mol. The molecule has 1 aromatic carbocycles. The van der Waals surface area contributed by atoms with Crippen molar-refractivity contribution in [2.24, 2.45) is 0 Å². The number of nitrogens with zero attached hydrogens (tertiary/aromatic N) is 2. The summed E-state index contributed by atoms with van der Waals surface area (Å²) in [5, 5.41) is 7.45. The van der Waals surface area contributed by atoms with Gasteiger partial charge < -0.3 is 5.32 Å². The molecule has 0 aliphatic carbocycles. The van der Waals surface area contributed by atoms with E-state index in [-0.39, 0.29) is 0 Å². The third-order valence-electron chi connectivity index (χ3n) is 2.81. The van der Waals surface area contributed by atoms with Crippen molar-refractivity contribution in [3.63, 3.8) is 0 Å². The van der Waals surface area contributed by atoms with Gasteiger partial charge in [-0.2, -0.15) is 0 Å². The number of hydrogen-bond donors (Lipinski definition) is 1. The summed E-state index contributed by atoms with van der Waals surface area (Å²) >= 11 is 1.47. The highest BCUT2D eigenvalue weighted by atomic mass is 32.1. The smallest absolute Gasteiger partial charge is 0.110 e. The molecule has 0 bridgehead atoms. The molecule has 3 nitrogen and oxygen atoms in total. The first-order valence-electron chi connectivity index (χ1n) is 5.67. The average molecular weight is 247 g/mol. The van der Waals surface area contributed by atoms with E-state index < -0.39 is 0 Å². The Labute approximate surface area is 106 Å². The Morgan fingerprint density at radius 2 is 1.82 bits per heavy atom. The van der Waals surface area contributed by atoms with Gasteiger partial charge in [0.05, 0.1) is 4.88 Å². The second-order valence-corrected chi connectivity index (χ2v) is 5.19. The Morgan fingerprint density at radius 3 is 2.41 bits per heavy atom. The van der Waals surface area contributed by atoms with Gasteiger partial charge in [-0.25, -0.2) is 0 Å². The lowest BCUT2D eigenvalue weighted by atomic mass is 9.97. The molecule has 0 fully saturated rings. The van der Waals surface area contributed by atoms with Gasteiger partial charge in [0.1, 0.15) is 5.69 Å². The lowest BCUT2D eigenvalue weighted by molar-refractivity contribution is 0.830. The van der Waals surface area contributed by atoms with E-state index in [1.54, 1.807) is 0 Å². The van der Waals surface area contributed by atoms with Crippen LogP contribution in [-0.4, -0.2) is 16.6 Å². The standard InChI is InChI=1S/C13H17N3S/c1-8-5-9(2)12(10(3)6-8)13-11(7-14-4)17-16-15-13/h5-6,14H,7H2,1-4H3. The second-order valence-electron chi connectivity index (χ2n) is 4.35. The Kier molecular flexibility index (Phi) is 3.54. The third-order valence-corrected chi connectivity index (χ3v) is 3.53. The molecule has 17 heavy (non-hydrogen) atoms. The molecule has 2 aromatic rings. The largest absolute Gasteiger partial charge is 0.315 e. The van der Waals surface area contributed by atoms with Gasteiger partial charge in [0.15, 0.2) is 0 Å². The molecular formula is C13H17N3S. The molecule has 0 aliphatic rings. The summed E-state index contributed by atoms with van der Waals surface area (Å²) in [5.41, 5.74) is 6.09. The van der Waals surface area contributed by atoms with Crippen molar-refractivity contribution in [2.75, 3.05) is 7.05 Å². The van der Waals surface area contributed by atoms with E-state index in [0.29, 0.717) is 0 Å². The second kappa shape index (κ2) is 4.94. The van der Waals surface area contributed by atoms with Gasteiger partial charge in [0.25, 0.3) is 0 Å². The van der Waals surface area contributed by atoms with E-state index in [2.05, 4.69) is 47.8 Å². The molecule has 2 rings (SSSR count). The van der Waals surface area contributed by atoms with Crippen LogP contribution in [0.1, 0.15) is 21.6 Å². The highest BCUT2D eigenvalue weighted by Gasteiger charge is 2.14. The summed E-state index contributed by atoms with van der Waals surface area (Å²) in [5.74, 6) is 0. The number of hydrogen-bond acceptors (Lipinski definition) is 4. The number of rotatable bonds is 3. The van der Waals surface area contributed by atoms with Gasteiger partial charge in [-0.1, -0.05) is 22.2 Å². The monoisotopic (exact) mass is 247 g/mol. The lowest BCUT2D eigenvalue weighted by Crippen LogP contribution is -2.05. The summed E-state index contributed by atoms with van der Waals surface area (Å²) in [6, 6.07) is 4.40. The van der Waals surface area contributed by atoms with Crippen LogP contribution in [0.25, 0.3) is 11.3 Å². The fourth-order valence-electron chi connectivity index (χ4n) is 2.23. The van der Waals surface area contributed by atoms with Crippen LogP contribution >= 0.6 is 11.5 Å². The zero-order valence-corrected chi connectivity index (χ0v) is 11.5. The lowest BCUT2D eigenvalue weighted by Gasteiger charge is -2.10. The van der Waals surface area contributed by atoms with Crippen LogP contribution in [0.2, 0.25) is 0 Å². The van der Waals surface area contributed by atoms with Gasteiger partial charge >= 0.3 is 0 Å². The van der Waals surface area contributed by atoms with Crippen molar-refractivity contribution in [1.29, 1.82) is 0 Å². The van der Waals surface area contributed by atoms with Crippen molar-refractivity contribution < 1.29 is 0 Å². The van der Waals surface area contributed by atoms with Crippen LogP contribution in [0.3, 0.4) is 0 Å². The summed E-state index contributed by atoms with van der Waals surface area (Å²) in [7, 11) is 1.94. The first-order valence-corrected chi connectivity index (χ1v) is 6.45. The van der Waals surface area contributed by atoms with Crippen molar-refractivity contribution in [3.8, 4) is 11.3 Å². The fourth-order valence-corrected chi connectivity index (χ4v) is 2.89. The van der Waals surface area contributed by atoms with Crippen LogP contribution < -0.4 is 5.32 Å². The molecule has 0 radical (unpaired) electrons. The highest BCUT2D eigenvalue weighted by molar-refractivity contribution is 7.05. The third kappa shape index (κ3) is 2.37. The van der Waals surface area contributed by atoms with E-state index >= 15 is 0 Å². The summed E-state index contributed by atoms with van der Waals surface area (Å²) in [6.07, 6.45) is 0. The maximum atomic E-state index is 4.28. The molecule has 90 valence electrons. The van der Waals surface area contributed by atoms with Gasteiger partial charge in [-0.15, -0.1) is 5.10 Å². The molecule has 0 saturated heterocycles. The molecule has 4 heteroatoms. The van der Waals surface area contributed by atoms with Crippen LogP contribution in [0.15, 0.2) is 12.1 Å². The van der Waals surface area contributed by atoms with E-state index in [4.69, 9.17) is 0 Å². The minimum Gasteiger partial charge on any atom is -0.315 e. The average Bonchev–Trinajstić information content (AvgIpc) is 2.65. The van der Waals surface area contributed by atoms with Gasteiger partial charge in [-0.3, -0.25) is 0 Å². The predicted octanol–water partition coefficient (Wildman–Crippen LogP) is 2.85. The summed E-state index contributed by atoms with van der Waals surface area (Å²) < 4.78 is 4.07. The van der Waals surface area contributed by atoms with Crippen LogP contribution in [-0.2, 0) is 6.54 Å². The highest BCUT2D eigenvalue weighted by Crippen LogP contribution is 2.30. The minimum absolute atomic E-state index is 0.819. The normalized spacial score (nSPS) is 10.8. The molecule has 0 saturated carbocycles. The van der Waals surface area contributed by atoms with Crippen LogP contribution in [0.5, 0.6) is 0 Å². The number of aryl methyl sites for hydroxylation is 3. The summed E-state index contributed by atoms with van der Waals surface area (Å²) in [6.45, 7) is 7.22. The van der Waals surface area contributed by atoms with E-state index in [9.17, 15) is 0 Å². The topological polar surface area (TPSA) is 37.8 Å². The molecular weight excluding hydrogens is 230 g/mol. The molecule has 1 aromatic heterocycles. The number of nitrogens with one attached hydrogen (secondary N) is 1. The van der Waals surface area contributed by atoms with Gasteiger partial charge in [-0.05, 0) is 50.5 Å². The Bertz CT molecular complexity index is 508. The Morgan fingerprint density at radius 1 is 1.18 bits per heavy atom. The van der Waals surface area contributed by atoms with E-state index in [0.717, 1.165) is 12.2 Å². The number of benzene rings is 1. The first kappa shape index (κ1) is 12.2. The molecule has 0 amide bonds. The molecule has 0 atom stereocenters. The first-order chi connectivity index (χ1) is 8.13. The number of aromatic nitrogens is 2. The van der Waals surface area contributed by atoms with Crippen LogP contribution in [0.4, 0.5) is 0 Å². The van der Waals surface area contributed by atoms with Crippen molar-refractivity contribution >= 4 is 11.5 Å². The Balaban J connectivity index is 2.56. The van der Waals surface area contributed by atoms with Crippen LogP contribution in [0, 0.1) is 20.8 Å². The Hall–Kier alpha value is -1.26. The zero-order valence-electron chi connectivity index (χ0n) is 10.7. The zero-order chi connectivity index (χ0) is 12.4. The van der Waals surface area contributed by atoms with E-state index in [1.807, 2.05) is 7.05 Å². The maximum absolute atomic E-state index is 4.28. The molecule has 0 spiro atoms. The van der Waals surface area contributed by atoms with Crippen molar-refractivity contribution in [2.45, 2.75) is 27.3 Å². The molecule has 1 N–H and O–H groups in total. The maximum Gasteiger partial charge on any atom is 0.110 e.